The van der Waals surface area contributed by atoms with Gasteiger partial charge in [0, 0.05) is 24.4 Å². The van der Waals surface area contributed by atoms with Crippen LogP contribution in [0, 0.1) is 0 Å². The van der Waals surface area contributed by atoms with Gasteiger partial charge in [0.05, 0.1) is 39.6 Å². The Labute approximate surface area is 94.9 Å². The van der Waals surface area contributed by atoms with Gasteiger partial charge in [0.15, 0.2) is 0 Å². The van der Waals surface area contributed by atoms with Gasteiger partial charge in [0.1, 0.15) is 0 Å². The molecular formula is C6H18O6Sb. The number of aliphatic hydroxyl groups is 6. The summed E-state index contributed by atoms with van der Waals surface area (Å²) in [5, 5.41) is 45.8. The van der Waals surface area contributed by atoms with Crippen LogP contribution in [0.2, 0.25) is 0 Å². The van der Waals surface area contributed by atoms with E-state index in [-0.39, 0.29) is 64.1 Å². The molecule has 13 heavy (non-hydrogen) atoms. The van der Waals surface area contributed by atoms with Crippen molar-refractivity contribution in [1.29, 1.82) is 0 Å². The summed E-state index contributed by atoms with van der Waals surface area (Å²) in [6.45, 7) is -0.750. The van der Waals surface area contributed by atoms with Crippen LogP contribution in [0.25, 0.3) is 0 Å². The summed E-state index contributed by atoms with van der Waals surface area (Å²) < 4.78 is 0. The van der Waals surface area contributed by atoms with Gasteiger partial charge in [0.2, 0.25) is 0 Å². The molecule has 0 aromatic carbocycles. The Balaban J connectivity index is -0.0000000450. The van der Waals surface area contributed by atoms with E-state index in [0.717, 1.165) is 0 Å². The normalized spacial score (nSPS) is 6.92. The Bertz CT molecular complexity index is 32.6. The summed E-state index contributed by atoms with van der Waals surface area (Å²) >= 11 is 0. The first-order chi connectivity index (χ1) is 5.74. The second-order valence-corrected chi connectivity index (χ2v) is 1.34. The van der Waals surface area contributed by atoms with Crippen LogP contribution in [0.3, 0.4) is 0 Å². The molecule has 0 saturated carbocycles. The third-order valence-corrected chi connectivity index (χ3v) is 0.300. The zero-order valence-electron chi connectivity index (χ0n) is 7.37. The standard InChI is InChI=1S/3C2H6O2.Sb/c3*3-1-2-4;/h3*3-4H,1-2H2;. The predicted octanol–water partition coefficient (Wildman–Crippen LogP) is -3.47. The summed E-state index contributed by atoms with van der Waals surface area (Å²) in [5.41, 5.74) is 0. The first kappa shape index (κ1) is 23.4. The summed E-state index contributed by atoms with van der Waals surface area (Å²) in [4.78, 5) is 0. The Hall–Kier alpha value is 0.578. The average Bonchev–Trinajstić information content (AvgIpc) is 2.18. The monoisotopic (exact) mass is 307 g/mol. The van der Waals surface area contributed by atoms with Gasteiger partial charge in [-0.1, -0.05) is 0 Å². The van der Waals surface area contributed by atoms with Gasteiger partial charge in [-0.2, -0.15) is 0 Å². The SMILES string of the molecule is OCCO.OCCO.OCCO.[Sb]. The van der Waals surface area contributed by atoms with Crippen LogP contribution in [0.5, 0.6) is 0 Å². The zero-order chi connectivity index (χ0) is 10.2. The van der Waals surface area contributed by atoms with Crippen molar-refractivity contribution < 1.29 is 30.6 Å². The van der Waals surface area contributed by atoms with Crippen molar-refractivity contribution in [3.8, 4) is 0 Å². The largest absolute Gasteiger partial charge is 0.394 e. The minimum atomic E-state index is -0.125. The summed E-state index contributed by atoms with van der Waals surface area (Å²) in [7, 11) is 0. The van der Waals surface area contributed by atoms with E-state index in [4.69, 9.17) is 30.6 Å². The molecule has 0 amide bonds. The van der Waals surface area contributed by atoms with Crippen LogP contribution in [0.1, 0.15) is 0 Å². The smallest absolute Gasteiger partial charge is 0.0662 e. The molecule has 0 atom stereocenters. The zero-order valence-corrected chi connectivity index (χ0v) is 9.93. The first-order valence-corrected chi connectivity index (χ1v) is 3.40. The van der Waals surface area contributed by atoms with E-state index in [1.165, 1.54) is 0 Å². The summed E-state index contributed by atoms with van der Waals surface area (Å²) in [6.07, 6.45) is 0. The molecule has 6 nitrogen and oxygen atoms in total. The molecule has 7 heteroatoms. The average molecular weight is 308 g/mol. The van der Waals surface area contributed by atoms with Crippen molar-refractivity contribution in [2.75, 3.05) is 39.6 Å². The molecule has 0 aromatic heterocycles. The van der Waals surface area contributed by atoms with Gasteiger partial charge in [-0.3, -0.25) is 0 Å². The van der Waals surface area contributed by atoms with E-state index < -0.39 is 0 Å². The van der Waals surface area contributed by atoms with Crippen LogP contribution in [0.15, 0.2) is 0 Å². The summed E-state index contributed by atoms with van der Waals surface area (Å²) in [5.74, 6) is 0. The molecule has 0 saturated heterocycles. The minimum absolute atomic E-state index is 0. The maximum Gasteiger partial charge on any atom is 0.0662 e. The van der Waals surface area contributed by atoms with Crippen molar-refractivity contribution >= 4 is 24.4 Å². The van der Waals surface area contributed by atoms with Crippen molar-refractivity contribution in [2.45, 2.75) is 0 Å². The molecule has 0 aliphatic carbocycles. The molecule has 0 bridgehead atoms. The van der Waals surface area contributed by atoms with Crippen LogP contribution >= 0.6 is 0 Å². The van der Waals surface area contributed by atoms with E-state index in [2.05, 4.69) is 0 Å². The molecule has 0 aromatic rings. The van der Waals surface area contributed by atoms with E-state index in [1.807, 2.05) is 0 Å². The molecule has 0 unspecified atom stereocenters. The fourth-order valence-electron chi connectivity index (χ4n) is 0. The first-order valence-electron chi connectivity index (χ1n) is 3.40. The van der Waals surface area contributed by atoms with Gasteiger partial charge in [-0.05, 0) is 0 Å². The third-order valence-electron chi connectivity index (χ3n) is 0.300. The van der Waals surface area contributed by atoms with Gasteiger partial charge in [0.25, 0.3) is 0 Å². The quantitative estimate of drug-likeness (QED) is 0.301. The molecule has 0 rings (SSSR count). The molecule has 0 spiro atoms. The van der Waals surface area contributed by atoms with Gasteiger partial charge < -0.3 is 30.6 Å². The Morgan fingerprint density at radius 3 is 0.462 bits per heavy atom. The predicted molar refractivity (Wildman–Crippen MR) is 48.3 cm³/mol. The van der Waals surface area contributed by atoms with Crippen LogP contribution < -0.4 is 0 Å². The summed E-state index contributed by atoms with van der Waals surface area (Å²) in [6, 6.07) is 0. The topological polar surface area (TPSA) is 121 Å². The number of aliphatic hydroxyl groups excluding tert-OH is 6. The van der Waals surface area contributed by atoms with Crippen molar-refractivity contribution in [3.05, 3.63) is 0 Å². The van der Waals surface area contributed by atoms with E-state index in [1.54, 1.807) is 0 Å². The van der Waals surface area contributed by atoms with Gasteiger partial charge >= 0.3 is 0 Å². The molecule has 0 aliphatic heterocycles. The van der Waals surface area contributed by atoms with Crippen LogP contribution in [0.4, 0.5) is 0 Å². The molecule has 6 N–H and O–H groups in total. The Kier molecular flexibility index (Phi) is 70.2. The van der Waals surface area contributed by atoms with Crippen molar-refractivity contribution in [1.82, 2.24) is 0 Å². The van der Waals surface area contributed by atoms with Crippen molar-refractivity contribution in [2.24, 2.45) is 0 Å². The Morgan fingerprint density at radius 2 is 0.462 bits per heavy atom. The molecule has 0 fully saturated rings. The second-order valence-electron chi connectivity index (χ2n) is 1.34. The molecular weight excluding hydrogens is 290 g/mol. The maximum absolute atomic E-state index is 7.62. The maximum atomic E-state index is 7.62. The van der Waals surface area contributed by atoms with Gasteiger partial charge in [-0.25, -0.2) is 0 Å². The number of rotatable bonds is 3. The molecule has 83 valence electrons. The van der Waals surface area contributed by atoms with Crippen LogP contribution in [-0.2, 0) is 0 Å². The van der Waals surface area contributed by atoms with E-state index >= 15 is 0 Å². The molecule has 0 aliphatic rings. The second kappa shape index (κ2) is 39.0. The minimum Gasteiger partial charge on any atom is -0.394 e. The Morgan fingerprint density at radius 1 is 0.385 bits per heavy atom. The molecule has 0 heterocycles. The fourth-order valence-corrected chi connectivity index (χ4v) is 0. The fraction of sp³-hybridized carbons (Fsp3) is 1.00. The molecule has 3 radical (unpaired) electrons. The van der Waals surface area contributed by atoms with E-state index in [9.17, 15) is 0 Å². The number of hydrogen-bond donors (Lipinski definition) is 6. The van der Waals surface area contributed by atoms with Crippen LogP contribution in [-0.4, -0.2) is 94.7 Å². The van der Waals surface area contributed by atoms with E-state index in [0.29, 0.717) is 0 Å². The van der Waals surface area contributed by atoms with Gasteiger partial charge in [-0.15, -0.1) is 0 Å². The third kappa shape index (κ3) is 110. The number of hydrogen-bond acceptors (Lipinski definition) is 6. The van der Waals surface area contributed by atoms with Crippen molar-refractivity contribution in [3.63, 3.8) is 0 Å².